The van der Waals surface area contributed by atoms with Crippen LogP contribution < -0.4 is 4.74 Å². The van der Waals surface area contributed by atoms with Crippen LogP contribution in [0.5, 0.6) is 5.88 Å². The number of carbonyl (C=O) groups excluding carboxylic acids is 1. The van der Waals surface area contributed by atoms with Gasteiger partial charge in [-0.2, -0.15) is 0 Å². The average Bonchev–Trinajstić information content (AvgIpc) is 3.08. The van der Waals surface area contributed by atoms with Gasteiger partial charge in [0.25, 0.3) is 5.91 Å². The Bertz CT molecular complexity index is 602. The predicted octanol–water partition coefficient (Wildman–Crippen LogP) is 1.45. The van der Waals surface area contributed by atoms with Crippen molar-refractivity contribution in [2.24, 2.45) is 0 Å². The number of amides is 1. The van der Waals surface area contributed by atoms with Gasteiger partial charge in [-0.3, -0.25) is 4.79 Å². The molecule has 2 fully saturated rings. The quantitative estimate of drug-likeness (QED) is 0.864. The molecule has 0 radical (unpaired) electrons. The number of hydrogen-bond donors (Lipinski definition) is 2. The van der Waals surface area contributed by atoms with E-state index in [0.29, 0.717) is 11.4 Å². The summed E-state index contributed by atoms with van der Waals surface area (Å²) in [6, 6.07) is 3.38. The van der Waals surface area contributed by atoms with Crippen LogP contribution >= 0.6 is 0 Å². The summed E-state index contributed by atoms with van der Waals surface area (Å²) in [7, 11) is 0. The van der Waals surface area contributed by atoms with Crippen LogP contribution in [0, 0.1) is 0 Å². The first kappa shape index (κ1) is 16.7. The molecule has 2 heterocycles. The van der Waals surface area contributed by atoms with Crippen LogP contribution in [0.4, 0.5) is 0 Å². The number of hydrogen-bond acceptors (Lipinski definition) is 5. The van der Waals surface area contributed by atoms with E-state index in [0.717, 1.165) is 12.8 Å². The lowest BCUT2D eigenvalue weighted by molar-refractivity contribution is -0.162. The molecule has 0 bridgehead atoms. The number of carboxylic acid groups (broad SMARTS) is 1. The summed E-state index contributed by atoms with van der Waals surface area (Å²) in [5.41, 5.74) is -1.29. The molecule has 1 aromatic heterocycles. The fourth-order valence-corrected chi connectivity index (χ4v) is 3.23. The molecule has 1 aromatic rings. The van der Waals surface area contributed by atoms with Gasteiger partial charge < -0.3 is 19.8 Å². The first-order valence-corrected chi connectivity index (χ1v) is 8.36. The van der Waals surface area contributed by atoms with E-state index < -0.39 is 11.6 Å². The highest BCUT2D eigenvalue weighted by Crippen LogP contribution is 2.25. The Morgan fingerprint density at radius 2 is 1.88 bits per heavy atom. The molecule has 0 spiro atoms. The zero-order valence-electron chi connectivity index (χ0n) is 13.5. The third kappa shape index (κ3) is 3.51. The van der Waals surface area contributed by atoms with Crippen molar-refractivity contribution in [1.29, 1.82) is 0 Å². The van der Waals surface area contributed by atoms with Crippen LogP contribution in [0.1, 0.15) is 48.9 Å². The van der Waals surface area contributed by atoms with Gasteiger partial charge in [-0.25, -0.2) is 9.78 Å². The Morgan fingerprint density at radius 3 is 2.42 bits per heavy atom. The number of aliphatic hydroxyl groups is 1. The van der Waals surface area contributed by atoms with Gasteiger partial charge in [0.05, 0.1) is 5.56 Å². The van der Waals surface area contributed by atoms with Gasteiger partial charge in [-0.15, -0.1) is 0 Å². The van der Waals surface area contributed by atoms with Crippen molar-refractivity contribution >= 4 is 11.9 Å². The van der Waals surface area contributed by atoms with E-state index in [-0.39, 0.29) is 37.9 Å². The Balaban J connectivity index is 1.58. The molecule has 7 nitrogen and oxygen atoms in total. The average molecular weight is 334 g/mol. The molecule has 1 aliphatic carbocycles. The number of piperidine rings is 1. The van der Waals surface area contributed by atoms with Crippen molar-refractivity contribution in [1.82, 2.24) is 9.88 Å². The zero-order chi connectivity index (χ0) is 17.2. The molecule has 2 aliphatic rings. The van der Waals surface area contributed by atoms with Crippen molar-refractivity contribution in [2.75, 3.05) is 13.1 Å². The highest BCUT2D eigenvalue weighted by Gasteiger charge is 2.40. The Morgan fingerprint density at radius 1 is 1.21 bits per heavy atom. The summed E-state index contributed by atoms with van der Waals surface area (Å²) in [5.74, 6) is -0.913. The van der Waals surface area contributed by atoms with E-state index >= 15 is 0 Å². The highest BCUT2D eigenvalue weighted by molar-refractivity contribution is 5.94. The molecule has 1 saturated carbocycles. The number of ether oxygens (including phenoxy) is 1. The number of nitrogens with zero attached hydrogens (tertiary/aromatic N) is 2. The van der Waals surface area contributed by atoms with E-state index in [2.05, 4.69) is 4.98 Å². The standard InChI is InChI=1S/C17H22N2O5/c20-15(19-9-7-17(23,8-10-19)16(21)22)12-5-6-14(18-11-12)24-13-3-1-2-4-13/h5-6,11,13,23H,1-4,7-10H2,(H,21,22). The Hall–Kier alpha value is -2.15. The molecule has 0 atom stereocenters. The molecule has 1 amide bonds. The maximum atomic E-state index is 12.5. The number of pyridine rings is 1. The first-order valence-electron chi connectivity index (χ1n) is 8.36. The van der Waals surface area contributed by atoms with Crippen molar-refractivity contribution in [3.63, 3.8) is 0 Å². The van der Waals surface area contributed by atoms with Crippen LogP contribution in [0.15, 0.2) is 18.3 Å². The number of rotatable bonds is 4. The Kier molecular flexibility index (Phi) is 4.71. The second-order valence-electron chi connectivity index (χ2n) is 6.54. The predicted molar refractivity (Wildman–Crippen MR) is 84.8 cm³/mol. The number of likely N-dealkylation sites (tertiary alicyclic amines) is 1. The molecule has 130 valence electrons. The molecule has 1 saturated heterocycles. The summed E-state index contributed by atoms with van der Waals surface area (Å²) in [5, 5.41) is 18.9. The molecule has 0 aromatic carbocycles. The van der Waals surface area contributed by atoms with E-state index in [1.165, 1.54) is 19.0 Å². The topological polar surface area (TPSA) is 100.0 Å². The van der Waals surface area contributed by atoms with Crippen LogP contribution in [0.3, 0.4) is 0 Å². The summed E-state index contributed by atoms with van der Waals surface area (Å²) in [6.45, 7) is 0.421. The van der Waals surface area contributed by atoms with Gasteiger partial charge in [0.1, 0.15) is 6.10 Å². The van der Waals surface area contributed by atoms with Gasteiger partial charge in [0, 0.05) is 38.2 Å². The van der Waals surface area contributed by atoms with E-state index in [1.807, 2.05) is 0 Å². The largest absolute Gasteiger partial charge is 0.479 e. The number of carbonyl (C=O) groups is 2. The number of carboxylic acids is 1. The second-order valence-corrected chi connectivity index (χ2v) is 6.54. The van der Waals surface area contributed by atoms with Gasteiger partial charge in [-0.05, 0) is 31.7 Å². The summed E-state index contributed by atoms with van der Waals surface area (Å²) >= 11 is 0. The third-order valence-electron chi connectivity index (χ3n) is 4.85. The first-order chi connectivity index (χ1) is 11.5. The fourth-order valence-electron chi connectivity index (χ4n) is 3.23. The van der Waals surface area contributed by atoms with Crippen molar-refractivity contribution in [3.8, 4) is 5.88 Å². The van der Waals surface area contributed by atoms with Crippen molar-refractivity contribution in [3.05, 3.63) is 23.9 Å². The van der Waals surface area contributed by atoms with Gasteiger partial charge in [-0.1, -0.05) is 0 Å². The minimum atomic E-state index is -1.73. The third-order valence-corrected chi connectivity index (χ3v) is 4.85. The monoisotopic (exact) mass is 334 g/mol. The van der Waals surface area contributed by atoms with E-state index in [1.54, 1.807) is 17.0 Å². The normalized spacial score (nSPS) is 20.8. The lowest BCUT2D eigenvalue weighted by Gasteiger charge is -2.35. The molecule has 3 rings (SSSR count). The lowest BCUT2D eigenvalue weighted by Crippen LogP contribution is -2.50. The molecule has 2 N–H and O–H groups in total. The van der Waals surface area contributed by atoms with Crippen LogP contribution in [-0.4, -0.2) is 56.8 Å². The van der Waals surface area contributed by atoms with Crippen molar-refractivity contribution < 1.29 is 24.5 Å². The second kappa shape index (κ2) is 6.76. The summed E-state index contributed by atoms with van der Waals surface area (Å²) in [6.07, 6.45) is 6.22. The summed E-state index contributed by atoms with van der Waals surface area (Å²) < 4.78 is 5.77. The molecule has 0 unspecified atom stereocenters. The number of aliphatic carboxylic acids is 1. The van der Waals surface area contributed by atoms with Gasteiger partial charge in [0.2, 0.25) is 5.88 Å². The molecular formula is C17H22N2O5. The molecule has 1 aliphatic heterocycles. The SMILES string of the molecule is O=C(c1ccc(OC2CCCC2)nc1)N1CCC(O)(C(=O)O)CC1. The summed E-state index contributed by atoms with van der Waals surface area (Å²) in [4.78, 5) is 29.2. The molecular weight excluding hydrogens is 312 g/mol. The molecule has 7 heteroatoms. The van der Waals surface area contributed by atoms with Crippen LogP contribution in [0.25, 0.3) is 0 Å². The minimum Gasteiger partial charge on any atom is -0.479 e. The molecule has 24 heavy (non-hydrogen) atoms. The maximum absolute atomic E-state index is 12.5. The van der Waals surface area contributed by atoms with Crippen molar-refractivity contribution in [2.45, 2.75) is 50.2 Å². The van der Waals surface area contributed by atoms with Gasteiger partial charge in [0.15, 0.2) is 5.60 Å². The highest BCUT2D eigenvalue weighted by atomic mass is 16.5. The zero-order valence-corrected chi connectivity index (χ0v) is 13.5. The number of aromatic nitrogens is 1. The lowest BCUT2D eigenvalue weighted by atomic mass is 9.91. The maximum Gasteiger partial charge on any atom is 0.335 e. The van der Waals surface area contributed by atoms with E-state index in [4.69, 9.17) is 9.84 Å². The van der Waals surface area contributed by atoms with Gasteiger partial charge >= 0.3 is 5.97 Å². The Labute approximate surface area is 140 Å². The van der Waals surface area contributed by atoms with Crippen LogP contribution in [0.2, 0.25) is 0 Å². The van der Waals surface area contributed by atoms with Crippen LogP contribution in [-0.2, 0) is 4.79 Å². The van der Waals surface area contributed by atoms with E-state index in [9.17, 15) is 14.7 Å². The minimum absolute atomic E-state index is 0.0321. The smallest absolute Gasteiger partial charge is 0.335 e. The fraction of sp³-hybridized carbons (Fsp3) is 0.588.